The molecule has 4 nitrogen and oxygen atoms in total. The number of Topliss-reactive ketones (excluding diaryl/α,β-unsaturated/α-hetero) is 1. The van der Waals surface area contributed by atoms with Gasteiger partial charge in [0.25, 0.3) is 0 Å². The van der Waals surface area contributed by atoms with Crippen molar-refractivity contribution >= 4 is 39.0 Å². The third-order valence-electron chi connectivity index (χ3n) is 4.36. The van der Waals surface area contributed by atoms with Gasteiger partial charge in [0.2, 0.25) is 10.0 Å². The molecule has 132 valence electrons. The van der Waals surface area contributed by atoms with Crippen molar-refractivity contribution in [1.29, 1.82) is 0 Å². The van der Waals surface area contributed by atoms with Crippen molar-refractivity contribution in [2.75, 3.05) is 13.1 Å². The van der Waals surface area contributed by atoms with Gasteiger partial charge in [-0.2, -0.15) is 4.31 Å². The lowest BCUT2D eigenvalue weighted by Gasteiger charge is -2.30. The molecule has 2 aromatic carbocycles. The summed E-state index contributed by atoms with van der Waals surface area (Å²) in [6.07, 6.45) is 1.00. The van der Waals surface area contributed by atoms with Gasteiger partial charge in [0.1, 0.15) is 0 Å². The van der Waals surface area contributed by atoms with Crippen LogP contribution in [0.15, 0.2) is 53.4 Å². The second-order valence-electron chi connectivity index (χ2n) is 6.01. The summed E-state index contributed by atoms with van der Waals surface area (Å²) < 4.78 is 26.9. The highest BCUT2D eigenvalue weighted by molar-refractivity contribution is 7.89. The van der Waals surface area contributed by atoms with E-state index in [9.17, 15) is 13.2 Å². The molecule has 0 bridgehead atoms. The van der Waals surface area contributed by atoms with Crippen LogP contribution in [0.2, 0.25) is 10.0 Å². The molecule has 7 heteroatoms. The third-order valence-corrected chi connectivity index (χ3v) is 6.67. The lowest BCUT2D eigenvalue weighted by molar-refractivity contribution is 0.0875. The molecule has 0 N–H and O–H groups in total. The molecule has 0 unspecified atom stereocenters. The maximum absolute atomic E-state index is 12.8. The Kier molecular flexibility index (Phi) is 5.49. The first-order chi connectivity index (χ1) is 11.9. The summed E-state index contributed by atoms with van der Waals surface area (Å²) in [5.74, 6) is -0.0831. The second kappa shape index (κ2) is 7.46. The lowest BCUT2D eigenvalue weighted by Crippen LogP contribution is -2.40. The van der Waals surface area contributed by atoms with Crippen LogP contribution in [-0.4, -0.2) is 31.6 Å². The summed E-state index contributed by atoms with van der Waals surface area (Å²) in [5, 5.41) is 0.556. The predicted molar refractivity (Wildman–Crippen MR) is 98.7 cm³/mol. The monoisotopic (exact) mass is 397 g/mol. The van der Waals surface area contributed by atoms with Gasteiger partial charge in [-0.15, -0.1) is 0 Å². The predicted octanol–water partition coefficient (Wildman–Crippen LogP) is 4.28. The zero-order valence-corrected chi connectivity index (χ0v) is 15.7. The molecule has 2 aromatic rings. The molecule has 0 aliphatic carbocycles. The largest absolute Gasteiger partial charge is 0.294 e. The number of carbonyl (C=O) groups is 1. The summed E-state index contributed by atoms with van der Waals surface area (Å²) in [4.78, 5) is 12.6. The molecule has 1 fully saturated rings. The summed E-state index contributed by atoms with van der Waals surface area (Å²) in [6.45, 7) is 0.603. The first-order valence-electron chi connectivity index (χ1n) is 7.93. The zero-order chi connectivity index (χ0) is 18.0. The van der Waals surface area contributed by atoms with Gasteiger partial charge in [-0.05, 0) is 31.0 Å². The molecule has 0 spiro atoms. The minimum atomic E-state index is -3.67. The number of hydrogen-bond acceptors (Lipinski definition) is 3. The Bertz CT molecular complexity index is 856. The fourth-order valence-electron chi connectivity index (χ4n) is 3.02. The topological polar surface area (TPSA) is 54.5 Å². The molecule has 1 saturated heterocycles. The van der Waals surface area contributed by atoms with E-state index in [2.05, 4.69) is 0 Å². The van der Waals surface area contributed by atoms with Gasteiger partial charge in [-0.25, -0.2) is 8.42 Å². The molecule has 25 heavy (non-hydrogen) atoms. The zero-order valence-electron chi connectivity index (χ0n) is 13.4. The number of sulfonamides is 1. The molecular formula is C18H17Cl2NO3S. The molecule has 0 radical (unpaired) electrons. The van der Waals surface area contributed by atoms with Crippen molar-refractivity contribution in [2.45, 2.75) is 17.7 Å². The Labute approximate surface area is 157 Å². The average Bonchev–Trinajstić information content (AvgIpc) is 2.61. The van der Waals surface area contributed by atoms with Crippen molar-refractivity contribution in [3.63, 3.8) is 0 Å². The standard InChI is InChI=1S/C18H17Cl2NO3S/c19-15-10-16(20)12-17(11-15)25(23,24)21-8-6-14(7-9-21)18(22)13-4-2-1-3-5-13/h1-5,10-12,14H,6-9H2. The summed E-state index contributed by atoms with van der Waals surface area (Å²) in [5.41, 5.74) is 0.672. The van der Waals surface area contributed by atoms with Gasteiger partial charge in [0, 0.05) is 34.6 Å². The Balaban J connectivity index is 1.72. The van der Waals surface area contributed by atoms with E-state index in [1.165, 1.54) is 22.5 Å². The second-order valence-corrected chi connectivity index (χ2v) is 8.82. The Morgan fingerprint density at radius 1 is 0.960 bits per heavy atom. The van der Waals surface area contributed by atoms with Crippen LogP contribution in [0.25, 0.3) is 0 Å². The number of rotatable bonds is 4. The SMILES string of the molecule is O=C(c1ccccc1)C1CCN(S(=O)(=O)c2cc(Cl)cc(Cl)c2)CC1. The highest BCUT2D eigenvalue weighted by Gasteiger charge is 2.32. The molecule has 1 heterocycles. The quantitative estimate of drug-likeness (QED) is 0.723. The van der Waals surface area contributed by atoms with Crippen molar-refractivity contribution in [1.82, 2.24) is 4.31 Å². The molecular weight excluding hydrogens is 381 g/mol. The molecule has 0 saturated carbocycles. The van der Waals surface area contributed by atoms with E-state index in [4.69, 9.17) is 23.2 Å². The highest BCUT2D eigenvalue weighted by atomic mass is 35.5. The van der Waals surface area contributed by atoms with Gasteiger partial charge in [0.05, 0.1) is 4.90 Å². The number of ketones is 1. The van der Waals surface area contributed by atoms with Gasteiger partial charge >= 0.3 is 0 Å². The first kappa shape index (κ1) is 18.4. The molecule has 0 aromatic heterocycles. The summed E-state index contributed by atoms with van der Waals surface area (Å²) >= 11 is 11.8. The van der Waals surface area contributed by atoms with E-state index in [1.54, 1.807) is 12.1 Å². The Hall–Kier alpha value is -1.40. The van der Waals surface area contributed by atoms with E-state index in [1.807, 2.05) is 18.2 Å². The normalized spacial score (nSPS) is 16.7. The molecule has 1 aliphatic rings. The summed E-state index contributed by atoms with van der Waals surface area (Å²) in [7, 11) is -3.67. The maximum Gasteiger partial charge on any atom is 0.243 e. The van der Waals surface area contributed by atoms with Crippen LogP contribution in [0.4, 0.5) is 0 Å². The minimum Gasteiger partial charge on any atom is -0.294 e. The third kappa shape index (κ3) is 4.06. The Morgan fingerprint density at radius 2 is 1.52 bits per heavy atom. The van der Waals surface area contributed by atoms with E-state index < -0.39 is 10.0 Å². The van der Waals surface area contributed by atoms with Crippen LogP contribution >= 0.6 is 23.2 Å². The number of piperidine rings is 1. The van der Waals surface area contributed by atoms with Crippen LogP contribution in [0.3, 0.4) is 0 Å². The number of carbonyl (C=O) groups excluding carboxylic acids is 1. The average molecular weight is 398 g/mol. The van der Waals surface area contributed by atoms with Gasteiger partial charge in [-0.1, -0.05) is 53.5 Å². The van der Waals surface area contributed by atoms with Gasteiger partial charge in [-0.3, -0.25) is 4.79 Å². The van der Waals surface area contributed by atoms with E-state index in [-0.39, 0.29) is 26.6 Å². The molecule has 1 aliphatic heterocycles. The number of halogens is 2. The van der Waals surface area contributed by atoms with Crippen LogP contribution in [0, 0.1) is 5.92 Å². The van der Waals surface area contributed by atoms with Crippen LogP contribution in [0.1, 0.15) is 23.2 Å². The molecule has 0 amide bonds. The lowest BCUT2D eigenvalue weighted by atomic mass is 9.90. The van der Waals surface area contributed by atoms with Gasteiger partial charge in [0.15, 0.2) is 5.78 Å². The summed E-state index contributed by atoms with van der Waals surface area (Å²) in [6, 6.07) is 13.4. The Morgan fingerprint density at radius 3 is 2.08 bits per heavy atom. The van der Waals surface area contributed by atoms with Crippen molar-refractivity contribution in [3.05, 3.63) is 64.1 Å². The van der Waals surface area contributed by atoms with E-state index in [0.717, 1.165) is 0 Å². The molecule has 0 atom stereocenters. The fraction of sp³-hybridized carbons (Fsp3) is 0.278. The highest BCUT2D eigenvalue weighted by Crippen LogP contribution is 2.29. The number of nitrogens with zero attached hydrogens (tertiary/aromatic N) is 1. The fourth-order valence-corrected chi connectivity index (χ4v) is 5.22. The molecule has 3 rings (SSSR count). The van der Waals surface area contributed by atoms with Crippen LogP contribution in [-0.2, 0) is 10.0 Å². The first-order valence-corrected chi connectivity index (χ1v) is 10.1. The van der Waals surface area contributed by atoms with Crippen molar-refractivity contribution < 1.29 is 13.2 Å². The van der Waals surface area contributed by atoms with Crippen molar-refractivity contribution in [2.24, 2.45) is 5.92 Å². The smallest absolute Gasteiger partial charge is 0.243 e. The van der Waals surface area contributed by atoms with E-state index >= 15 is 0 Å². The van der Waals surface area contributed by atoms with Crippen LogP contribution in [0.5, 0.6) is 0 Å². The number of hydrogen-bond donors (Lipinski definition) is 0. The van der Waals surface area contributed by atoms with Crippen molar-refractivity contribution in [3.8, 4) is 0 Å². The number of benzene rings is 2. The van der Waals surface area contributed by atoms with E-state index in [0.29, 0.717) is 31.5 Å². The minimum absolute atomic E-state index is 0.0726. The van der Waals surface area contributed by atoms with Gasteiger partial charge < -0.3 is 0 Å². The maximum atomic E-state index is 12.8. The van der Waals surface area contributed by atoms with Crippen LogP contribution < -0.4 is 0 Å².